The highest BCUT2D eigenvalue weighted by Gasteiger charge is 2.12. The van der Waals surface area contributed by atoms with Gasteiger partial charge in [0.1, 0.15) is 0 Å². The lowest BCUT2D eigenvalue weighted by atomic mass is 10.2. The van der Waals surface area contributed by atoms with Crippen molar-refractivity contribution in [2.75, 3.05) is 17.2 Å². The standard InChI is InChI=1S/C13H17BrN2O3/c1-3-11(14)12(17)15-9-5-7-10(8-6-9)16-13(18)19-4-2/h5-8,11H,3-4H2,1-2H3,(H,15,17)(H,16,18). The second kappa shape index (κ2) is 7.78. The molecule has 1 aromatic carbocycles. The van der Waals surface area contributed by atoms with E-state index in [-0.39, 0.29) is 10.7 Å². The van der Waals surface area contributed by atoms with Gasteiger partial charge >= 0.3 is 6.09 Å². The first-order valence-electron chi connectivity index (χ1n) is 6.05. The van der Waals surface area contributed by atoms with Gasteiger partial charge in [-0.25, -0.2) is 4.79 Å². The molecular formula is C13H17BrN2O3. The van der Waals surface area contributed by atoms with E-state index in [0.717, 1.165) is 0 Å². The maximum atomic E-state index is 11.6. The van der Waals surface area contributed by atoms with Crippen molar-refractivity contribution in [3.63, 3.8) is 0 Å². The van der Waals surface area contributed by atoms with Crippen LogP contribution >= 0.6 is 15.9 Å². The van der Waals surface area contributed by atoms with E-state index in [1.807, 2.05) is 6.92 Å². The zero-order valence-corrected chi connectivity index (χ0v) is 12.5. The predicted molar refractivity (Wildman–Crippen MR) is 78.7 cm³/mol. The smallest absolute Gasteiger partial charge is 0.411 e. The Kier molecular flexibility index (Phi) is 6.35. The summed E-state index contributed by atoms with van der Waals surface area (Å²) in [5, 5.41) is 5.34. The monoisotopic (exact) mass is 328 g/mol. The van der Waals surface area contributed by atoms with Crippen molar-refractivity contribution in [1.29, 1.82) is 0 Å². The van der Waals surface area contributed by atoms with Gasteiger partial charge < -0.3 is 10.1 Å². The summed E-state index contributed by atoms with van der Waals surface area (Å²) in [6.45, 7) is 3.98. The Morgan fingerprint density at radius 3 is 2.16 bits per heavy atom. The van der Waals surface area contributed by atoms with E-state index in [4.69, 9.17) is 4.74 Å². The van der Waals surface area contributed by atoms with Crippen molar-refractivity contribution in [3.8, 4) is 0 Å². The normalized spacial score (nSPS) is 11.5. The molecule has 104 valence electrons. The maximum absolute atomic E-state index is 11.6. The van der Waals surface area contributed by atoms with Crippen LogP contribution in [0.1, 0.15) is 20.3 Å². The van der Waals surface area contributed by atoms with E-state index in [9.17, 15) is 9.59 Å². The molecule has 0 aliphatic rings. The van der Waals surface area contributed by atoms with Gasteiger partial charge in [0, 0.05) is 11.4 Å². The quantitative estimate of drug-likeness (QED) is 0.814. The minimum absolute atomic E-state index is 0.0893. The van der Waals surface area contributed by atoms with Crippen LogP contribution in [0.4, 0.5) is 16.2 Å². The third-order valence-electron chi connectivity index (χ3n) is 2.32. The molecule has 1 atom stereocenters. The second-order valence-corrected chi connectivity index (χ2v) is 4.89. The van der Waals surface area contributed by atoms with Crippen LogP contribution in [-0.4, -0.2) is 23.4 Å². The Balaban J connectivity index is 2.56. The molecule has 1 aromatic rings. The van der Waals surface area contributed by atoms with Gasteiger partial charge in [-0.05, 0) is 37.6 Å². The van der Waals surface area contributed by atoms with Crippen molar-refractivity contribution in [3.05, 3.63) is 24.3 Å². The van der Waals surface area contributed by atoms with Gasteiger partial charge in [-0.15, -0.1) is 0 Å². The number of nitrogens with one attached hydrogen (secondary N) is 2. The SMILES string of the molecule is CCOC(=O)Nc1ccc(NC(=O)C(Br)CC)cc1. The number of anilines is 2. The van der Waals surface area contributed by atoms with Crippen molar-refractivity contribution >= 4 is 39.3 Å². The second-order valence-electron chi connectivity index (χ2n) is 3.79. The first-order chi connectivity index (χ1) is 9.06. The van der Waals surface area contributed by atoms with Gasteiger partial charge in [0.05, 0.1) is 11.4 Å². The van der Waals surface area contributed by atoms with E-state index in [2.05, 4.69) is 26.6 Å². The molecule has 0 aromatic heterocycles. The summed E-state index contributed by atoms with van der Waals surface area (Å²) >= 11 is 3.28. The van der Waals surface area contributed by atoms with Crippen LogP contribution in [0.3, 0.4) is 0 Å². The number of alkyl halides is 1. The van der Waals surface area contributed by atoms with Crippen molar-refractivity contribution in [1.82, 2.24) is 0 Å². The number of hydrogen-bond acceptors (Lipinski definition) is 3. The molecule has 0 aliphatic carbocycles. The Morgan fingerprint density at radius 1 is 1.16 bits per heavy atom. The first kappa shape index (κ1) is 15.5. The molecule has 0 spiro atoms. The lowest BCUT2D eigenvalue weighted by Gasteiger charge is -2.10. The molecule has 5 nitrogen and oxygen atoms in total. The highest BCUT2D eigenvalue weighted by molar-refractivity contribution is 9.10. The predicted octanol–water partition coefficient (Wildman–Crippen LogP) is 3.37. The topological polar surface area (TPSA) is 67.4 Å². The molecule has 0 heterocycles. The molecule has 2 N–H and O–H groups in total. The lowest BCUT2D eigenvalue weighted by molar-refractivity contribution is -0.115. The van der Waals surface area contributed by atoms with Crippen LogP contribution in [0.2, 0.25) is 0 Å². The lowest BCUT2D eigenvalue weighted by Crippen LogP contribution is -2.21. The highest BCUT2D eigenvalue weighted by Crippen LogP contribution is 2.15. The van der Waals surface area contributed by atoms with Gasteiger partial charge in [-0.2, -0.15) is 0 Å². The summed E-state index contributed by atoms with van der Waals surface area (Å²) in [6, 6.07) is 6.83. The molecule has 0 fully saturated rings. The van der Waals surface area contributed by atoms with E-state index in [0.29, 0.717) is 24.4 Å². The fourth-order valence-corrected chi connectivity index (χ4v) is 1.44. The van der Waals surface area contributed by atoms with Gasteiger partial charge in [-0.1, -0.05) is 22.9 Å². The number of carbonyl (C=O) groups is 2. The molecule has 0 bridgehead atoms. The Morgan fingerprint density at radius 2 is 1.68 bits per heavy atom. The fourth-order valence-electron chi connectivity index (χ4n) is 1.33. The Bertz CT molecular complexity index is 434. The van der Waals surface area contributed by atoms with Gasteiger partial charge in [0.15, 0.2) is 0 Å². The average Bonchev–Trinajstić information content (AvgIpc) is 2.40. The molecule has 6 heteroatoms. The minimum Gasteiger partial charge on any atom is -0.450 e. The number of hydrogen-bond donors (Lipinski definition) is 2. The van der Waals surface area contributed by atoms with E-state index >= 15 is 0 Å². The molecule has 0 radical (unpaired) electrons. The minimum atomic E-state index is -0.495. The molecule has 1 rings (SSSR count). The van der Waals surface area contributed by atoms with Crippen molar-refractivity contribution in [2.45, 2.75) is 25.1 Å². The molecular weight excluding hydrogens is 312 g/mol. The number of amides is 2. The zero-order chi connectivity index (χ0) is 14.3. The van der Waals surface area contributed by atoms with Crippen LogP contribution in [0, 0.1) is 0 Å². The number of carbonyl (C=O) groups excluding carboxylic acids is 2. The van der Waals surface area contributed by atoms with Crippen molar-refractivity contribution in [2.24, 2.45) is 0 Å². The van der Waals surface area contributed by atoms with Crippen LogP contribution < -0.4 is 10.6 Å². The summed E-state index contributed by atoms with van der Waals surface area (Å²) in [5.74, 6) is -0.0893. The molecule has 0 saturated carbocycles. The Labute approximate surface area is 120 Å². The van der Waals surface area contributed by atoms with E-state index < -0.39 is 6.09 Å². The summed E-state index contributed by atoms with van der Waals surface area (Å²) in [6.07, 6.45) is 0.222. The zero-order valence-electron chi connectivity index (χ0n) is 10.9. The molecule has 0 saturated heterocycles. The molecule has 19 heavy (non-hydrogen) atoms. The Hall–Kier alpha value is -1.56. The number of ether oxygens (including phenoxy) is 1. The maximum Gasteiger partial charge on any atom is 0.411 e. The first-order valence-corrected chi connectivity index (χ1v) is 6.97. The number of benzene rings is 1. The van der Waals surface area contributed by atoms with Crippen LogP contribution in [-0.2, 0) is 9.53 Å². The van der Waals surface area contributed by atoms with E-state index in [1.165, 1.54) is 0 Å². The average molecular weight is 329 g/mol. The highest BCUT2D eigenvalue weighted by atomic mass is 79.9. The van der Waals surface area contributed by atoms with Crippen LogP contribution in [0.15, 0.2) is 24.3 Å². The summed E-state index contributed by atoms with van der Waals surface area (Å²) < 4.78 is 4.76. The van der Waals surface area contributed by atoms with Crippen LogP contribution in [0.5, 0.6) is 0 Å². The summed E-state index contributed by atoms with van der Waals surface area (Å²) in [4.78, 5) is 22.6. The third-order valence-corrected chi connectivity index (χ3v) is 3.38. The van der Waals surface area contributed by atoms with E-state index in [1.54, 1.807) is 31.2 Å². The van der Waals surface area contributed by atoms with Gasteiger partial charge in [0.25, 0.3) is 0 Å². The number of rotatable bonds is 5. The number of halogens is 1. The largest absolute Gasteiger partial charge is 0.450 e. The molecule has 0 aliphatic heterocycles. The summed E-state index contributed by atoms with van der Waals surface area (Å²) in [7, 11) is 0. The molecule has 1 unspecified atom stereocenters. The van der Waals surface area contributed by atoms with Crippen LogP contribution in [0.25, 0.3) is 0 Å². The fraction of sp³-hybridized carbons (Fsp3) is 0.385. The van der Waals surface area contributed by atoms with Gasteiger partial charge in [-0.3, -0.25) is 10.1 Å². The third kappa shape index (κ3) is 5.30. The molecule has 2 amide bonds. The van der Waals surface area contributed by atoms with Crippen molar-refractivity contribution < 1.29 is 14.3 Å². The van der Waals surface area contributed by atoms with Gasteiger partial charge in [0.2, 0.25) is 5.91 Å². The summed E-state index contributed by atoms with van der Waals surface area (Å²) in [5.41, 5.74) is 1.29.